The Morgan fingerprint density at radius 2 is 1.88 bits per heavy atom. The number of benzene rings is 2. The largest absolute Gasteiger partial charge is 0.457 e. The average Bonchev–Trinajstić information content (AvgIpc) is 3.04. The molecular weight excluding hydrogens is 367 g/mol. The third kappa shape index (κ3) is 3.91. The molecule has 2 aromatic carbocycles. The van der Waals surface area contributed by atoms with Crippen LogP contribution in [0.1, 0.15) is 12.0 Å². The van der Waals surface area contributed by atoms with Crippen LogP contribution in [-0.4, -0.2) is 30.5 Å². The van der Waals surface area contributed by atoms with Crippen molar-refractivity contribution in [3.63, 3.8) is 0 Å². The van der Waals surface area contributed by atoms with Crippen LogP contribution < -0.4 is 9.64 Å². The number of nitrogens with zero attached hydrogens (tertiary/aromatic N) is 1. The van der Waals surface area contributed by atoms with Gasteiger partial charge in [-0.2, -0.15) is 13.2 Å². The molecule has 1 N–H and O–H groups in total. The van der Waals surface area contributed by atoms with Gasteiger partial charge in [0.05, 0.1) is 18.6 Å². The minimum absolute atomic E-state index is 0.0973. The first kappa shape index (κ1) is 18.9. The van der Waals surface area contributed by atoms with Crippen LogP contribution >= 0.6 is 11.6 Å². The van der Waals surface area contributed by atoms with Gasteiger partial charge in [-0.05, 0) is 49.7 Å². The third-order valence-corrected chi connectivity index (χ3v) is 5.11. The Balaban J connectivity index is 1.76. The third-order valence-electron chi connectivity index (χ3n) is 4.70. The van der Waals surface area contributed by atoms with Gasteiger partial charge in [-0.3, -0.25) is 0 Å². The molecule has 1 fully saturated rings. The summed E-state index contributed by atoms with van der Waals surface area (Å²) in [5.41, 5.74) is 1.44. The van der Waals surface area contributed by atoms with Crippen LogP contribution in [0.15, 0.2) is 42.5 Å². The second-order valence-corrected chi connectivity index (χ2v) is 6.83. The van der Waals surface area contributed by atoms with E-state index in [1.54, 1.807) is 47.4 Å². The summed E-state index contributed by atoms with van der Waals surface area (Å²) in [5.74, 6) is -0.243. The highest BCUT2D eigenvalue weighted by atomic mass is 35.5. The van der Waals surface area contributed by atoms with Crippen LogP contribution in [0.4, 0.5) is 18.9 Å². The molecule has 0 radical (unpaired) electrons. The van der Waals surface area contributed by atoms with E-state index in [1.165, 1.54) is 0 Å². The predicted octanol–water partition coefficient (Wildman–Crippen LogP) is 5.19. The summed E-state index contributed by atoms with van der Waals surface area (Å²) in [6.45, 7) is 1.38. The molecule has 3 nitrogen and oxygen atoms in total. The van der Waals surface area contributed by atoms with E-state index in [0.717, 1.165) is 5.56 Å². The van der Waals surface area contributed by atoms with Crippen LogP contribution in [-0.2, 0) is 0 Å². The lowest BCUT2D eigenvalue weighted by atomic mass is 10.1. The Hall–Kier alpha value is -1.92. The molecule has 26 heavy (non-hydrogen) atoms. The van der Waals surface area contributed by atoms with Gasteiger partial charge in [0.15, 0.2) is 0 Å². The fraction of sp³-hybridized carbons (Fsp3) is 0.368. The summed E-state index contributed by atoms with van der Waals surface area (Å²) in [5, 5.41) is 10.0. The summed E-state index contributed by atoms with van der Waals surface area (Å²) in [6, 6.07) is 11.6. The maximum Gasteiger partial charge on any atom is 0.393 e. The first-order chi connectivity index (χ1) is 12.3. The Labute approximate surface area is 155 Å². The lowest BCUT2D eigenvalue weighted by Gasteiger charge is -2.25. The number of hydrogen-bond acceptors (Lipinski definition) is 3. The van der Waals surface area contributed by atoms with Gasteiger partial charge >= 0.3 is 6.18 Å². The lowest BCUT2D eigenvalue weighted by molar-refractivity contribution is -0.168. The van der Waals surface area contributed by atoms with E-state index in [2.05, 4.69) is 0 Å². The summed E-state index contributed by atoms with van der Waals surface area (Å²) < 4.78 is 44.8. The van der Waals surface area contributed by atoms with Crippen molar-refractivity contribution in [2.24, 2.45) is 5.92 Å². The molecule has 2 atom stereocenters. The molecule has 0 aliphatic carbocycles. The van der Waals surface area contributed by atoms with Crippen LogP contribution in [0.3, 0.4) is 0 Å². The smallest absolute Gasteiger partial charge is 0.393 e. The highest BCUT2D eigenvalue weighted by molar-refractivity contribution is 6.31. The molecule has 7 heteroatoms. The predicted molar refractivity (Wildman–Crippen MR) is 95.1 cm³/mol. The maximum atomic E-state index is 13.0. The van der Waals surface area contributed by atoms with E-state index in [9.17, 15) is 18.3 Å². The van der Waals surface area contributed by atoms with Gasteiger partial charge in [-0.15, -0.1) is 0 Å². The topological polar surface area (TPSA) is 32.7 Å². The van der Waals surface area contributed by atoms with Crippen molar-refractivity contribution < 1.29 is 23.0 Å². The molecule has 1 saturated heterocycles. The highest BCUT2D eigenvalue weighted by Gasteiger charge is 2.47. The summed E-state index contributed by atoms with van der Waals surface area (Å²) in [4.78, 5) is 1.60. The van der Waals surface area contributed by atoms with Crippen LogP contribution in [0.25, 0.3) is 0 Å². The fourth-order valence-electron chi connectivity index (χ4n) is 3.17. The fourth-order valence-corrected chi connectivity index (χ4v) is 3.34. The van der Waals surface area contributed by atoms with Crippen LogP contribution in [0.5, 0.6) is 11.5 Å². The van der Waals surface area contributed by atoms with Gasteiger partial charge in [0, 0.05) is 22.8 Å². The molecule has 3 rings (SSSR count). The van der Waals surface area contributed by atoms with Gasteiger partial charge in [0.1, 0.15) is 11.5 Å². The van der Waals surface area contributed by atoms with Gasteiger partial charge in [0.25, 0.3) is 0 Å². The van der Waals surface area contributed by atoms with Crippen molar-refractivity contribution in [2.75, 3.05) is 18.1 Å². The zero-order chi connectivity index (χ0) is 18.9. The monoisotopic (exact) mass is 385 g/mol. The van der Waals surface area contributed by atoms with Gasteiger partial charge in [-0.1, -0.05) is 17.7 Å². The van der Waals surface area contributed by atoms with E-state index in [4.69, 9.17) is 16.3 Å². The number of aliphatic hydroxyl groups is 1. The van der Waals surface area contributed by atoms with Crippen LogP contribution in [0, 0.1) is 12.8 Å². The molecule has 0 spiro atoms. The Morgan fingerprint density at radius 3 is 2.50 bits per heavy atom. The Morgan fingerprint density at radius 1 is 1.19 bits per heavy atom. The first-order valence-corrected chi connectivity index (χ1v) is 8.64. The first-order valence-electron chi connectivity index (χ1n) is 8.27. The molecule has 0 bridgehead atoms. The number of ether oxygens (including phenoxy) is 1. The number of halogens is 4. The molecule has 0 unspecified atom stereocenters. The minimum Gasteiger partial charge on any atom is -0.457 e. The molecule has 2 aromatic rings. The number of hydrogen-bond donors (Lipinski definition) is 1. The molecule has 140 valence electrons. The van der Waals surface area contributed by atoms with Crippen molar-refractivity contribution in [2.45, 2.75) is 25.6 Å². The van der Waals surface area contributed by atoms with E-state index in [-0.39, 0.29) is 19.6 Å². The van der Waals surface area contributed by atoms with Crippen molar-refractivity contribution in [1.82, 2.24) is 0 Å². The molecule has 1 heterocycles. The zero-order valence-electron chi connectivity index (χ0n) is 14.1. The molecule has 0 aromatic heterocycles. The van der Waals surface area contributed by atoms with Gasteiger partial charge in [0.2, 0.25) is 0 Å². The van der Waals surface area contributed by atoms with Crippen LogP contribution in [0.2, 0.25) is 5.02 Å². The minimum atomic E-state index is -4.25. The standard InChI is InChI=1S/C19H19ClF3NO2/c1-12-17(20)3-2-4-18(12)26-16-7-5-14(6-8-16)24-10-13(19(21,22)23)9-15(24)11-25/h2-8,13,15,25H,9-11H2,1H3/t13-,15-/m0/s1. The maximum absolute atomic E-state index is 13.0. The number of aliphatic hydroxyl groups excluding tert-OH is 1. The van der Waals surface area contributed by atoms with E-state index in [1.807, 2.05) is 6.92 Å². The molecule has 1 aliphatic heterocycles. The Kier molecular flexibility index (Phi) is 5.34. The zero-order valence-corrected chi connectivity index (χ0v) is 14.9. The second kappa shape index (κ2) is 7.37. The number of alkyl halides is 3. The SMILES string of the molecule is Cc1c(Cl)cccc1Oc1ccc(N2C[C@@H](C(F)(F)F)C[C@H]2CO)cc1. The summed E-state index contributed by atoms with van der Waals surface area (Å²) in [7, 11) is 0. The number of anilines is 1. The van der Waals surface area contributed by atoms with E-state index >= 15 is 0 Å². The Bertz CT molecular complexity index is 764. The second-order valence-electron chi connectivity index (χ2n) is 6.42. The van der Waals surface area contributed by atoms with E-state index in [0.29, 0.717) is 22.2 Å². The van der Waals surface area contributed by atoms with Crippen molar-refractivity contribution in [3.05, 3.63) is 53.1 Å². The average molecular weight is 386 g/mol. The van der Waals surface area contributed by atoms with Gasteiger partial charge in [-0.25, -0.2) is 0 Å². The molecule has 0 amide bonds. The van der Waals surface area contributed by atoms with Gasteiger partial charge < -0.3 is 14.7 Å². The highest BCUT2D eigenvalue weighted by Crippen LogP contribution is 2.39. The lowest BCUT2D eigenvalue weighted by Crippen LogP contribution is -2.32. The molecule has 0 saturated carbocycles. The van der Waals surface area contributed by atoms with E-state index < -0.39 is 18.1 Å². The normalized spacial score (nSPS) is 20.5. The summed E-state index contributed by atoms with van der Waals surface area (Å²) in [6.07, 6.45) is -4.35. The molecule has 1 aliphatic rings. The number of rotatable bonds is 4. The summed E-state index contributed by atoms with van der Waals surface area (Å²) >= 11 is 6.07. The molecular formula is C19H19ClF3NO2. The quantitative estimate of drug-likeness (QED) is 0.786. The van der Waals surface area contributed by atoms with Crippen molar-refractivity contribution in [3.8, 4) is 11.5 Å². The van der Waals surface area contributed by atoms with Crippen molar-refractivity contribution >= 4 is 17.3 Å². The van der Waals surface area contributed by atoms with Crippen molar-refractivity contribution in [1.29, 1.82) is 0 Å².